The molecule has 1 aromatic rings. The zero-order valence-electron chi connectivity index (χ0n) is 17.4. The van der Waals surface area contributed by atoms with Crippen molar-refractivity contribution in [2.45, 2.75) is 70.6 Å². The molecule has 144 valence electrons. The van der Waals surface area contributed by atoms with Gasteiger partial charge in [0.1, 0.15) is 0 Å². The molecule has 0 heteroatoms. The highest BCUT2D eigenvalue weighted by Crippen LogP contribution is 2.61. The Morgan fingerprint density at radius 2 is 1.93 bits per heavy atom. The zero-order chi connectivity index (χ0) is 19.1. The van der Waals surface area contributed by atoms with Gasteiger partial charge in [-0.1, -0.05) is 67.2 Å². The van der Waals surface area contributed by atoms with Gasteiger partial charge in [-0.3, -0.25) is 0 Å². The number of aryl methyl sites for hydroxylation is 1. The normalized spacial score (nSPS) is 31.7. The third-order valence-corrected chi connectivity index (χ3v) is 7.60. The molecular weight excluding hydrogens is 336 g/mol. The summed E-state index contributed by atoms with van der Waals surface area (Å²) in [7, 11) is 0. The molecule has 0 radical (unpaired) electrons. The van der Waals surface area contributed by atoms with Crippen molar-refractivity contribution in [2.75, 3.05) is 0 Å². The standard InChI is InChI=1S/C28H32/c1-3-21-13-11-18-26-27(21)20(2)12-5-4-10-19-28(26)24-16-8-6-14-22(24)23-15-7-9-17-25(23)28/h4-5,10-14,18-19,24H,3,6-9,15-17H2,1-2H3/b5-4-,19-10?,20-12+. The van der Waals surface area contributed by atoms with E-state index in [1.807, 2.05) is 0 Å². The average Bonchev–Trinajstić information content (AvgIpc) is 3.06. The van der Waals surface area contributed by atoms with Gasteiger partial charge in [0.05, 0.1) is 0 Å². The van der Waals surface area contributed by atoms with Gasteiger partial charge in [0, 0.05) is 11.3 Å². The maximum absolute atomic E-state index is 2.60. The Bertz CT molecular complexity index is 946. The maximum atomic E-state index is 2.60. The highest BCUT2D eigenvalue weighted by Gasteiger charge is 2.51. The smallest absolute Gasteiger partial charge is 0.0424 e. The first-order valence-electron chi connectivity index (χ1n) is 11.4. The number of benzene rings is 1. The number of hydrogen-bond acceptors (Lipinski definition) is 0. The molecule has 2 unspecified atom stereocenters. The molecule has 0 aliphatic heterocycles. The molecule has 0 amide bonds. The number of allylic oxidation sites excluding steroid dienone is 10. The Morgan fingerprint density at radius 1 is 1.04 bits per heavy atom. The number of hydrogen-bond donors (Lipinski definition) is 0. The lowest BCUT2D eigenvalue weighted by Crippen LogP contribution is -2.34. The molecular formula is C28H32. The Labute approximate surface area is 170 Å². The van der Waals surface area contributed by atoms with Crippen molar-refractivity contribution in [3.8, 4) is 0 Å². The van der Waals surface area contributed by atoms with Crippen molar-refractivity contribution in [3.05, 3.63) is 88.1 Å². The third-order valence-electron chi connectivity index (χ3n) is 7.60. The Hall–Kier alpha value is -2.08. The van der Waals surface area contributed by atoms with Crippen LogP contribution >= 0.6 is 0 Å². The van der Waals surface area contributed by atoms with E-state index in [1.54, 1.807) is 22.3 Å². The van der Waals surface area contributed by atoms with E-state index in [0.717, 1.165) is 6.42 Å². The van der Waals surface area contributed by atoms with Crippen LogP contribution in [-0.4, -0.2) is 0 Å². The van der Waals surface area contributed by atoms with E-state index in [1.165, 1.54) is 61.6 Å². The summed E-state index contributed by atoms with van der Waals surface area (Å²) in [6.45, 7) is 4.61. The fourth-order valence-corrected chi connectivity index (χ4v) is 6.49. The van der Waals surface area contributed by atoms with E-state index < -0.39 is 0 Å². The first-order valence-corrected chi connectivity index (χ1v) is 11.4. The Morgan fingerprint density at radius 3 is 2.82 bits per heavy atom. The van der Waals surface area contributed by atoms with E-state index in [-0.39, 0.29) is 5.41 Å². The SMILES string of the molecule is CCc1cccc2c1/C(C)=C/C=C\C=CC21C2=C(CCCC2)C2=CCCCC21. The largest absolute Gasteiger partial charge is 0.0807 e. The first kappa shape index (κ1) is 18.0. The molecule has 28 heavy (non-hydrogen) atoms. The number of fused-ring (bicyclic) bond motifs is 6. The lowest BCUT2D eigenvalue weighted by Gasteiger charge is -2.40. The van der Waals surface area contributed by atoms with E-state index in [2.05, 4.69) is 68.5 Å². The Balaban J connectivity index is 1.87. The molecule has 4 aliphatic carbocycles. The lowest BCUT2D eigenvalue weighted by molar-refractivity contribution is 0.400. The zero-order valence-corrected chi connectivity index (χ0v) is 17.4. The molecule has 0 nitrogen and oxygen atoms in total. The summed E-state index contributed by atoms with van der Waals surface area (Å²) in [5, 5.41) is 0. The van der Waals surface area contributed by atoms with Crippen LogP contribution < -0.4 is 0 Å². The number of rotatable bonds is 1. The van der Waals surface area contributed by atoms with E-state index in [9.17, 15) is 0 Å². The van der Waals surface area contributed by atoms with Crippen molar-refractivity contribution in [1.82, 2.24) is 0 Å². The summed E-state index contributed by atoms with van der Waals surface area (Å²) in [6.07, 6.45) is 24.6. The quantitative estimate of drug-likeness (QED) is 0.478. The second kappa shape index (κ2) is 7.07. The monoisotopic (exact) mass is 368 g/mol. The average molecular weight is 369 g/mol. The highest BCUT2D eigenvalue weighted by atomic mass is 14.5. The van der Waals surface area contributed by atoms with Gasteiger partial charge in [-0.05, 0) is 91.7 Å². The van der Waals surface area contributed by atoms with E-state index >= 15 is 0 Å². The molecule has 0 fully saturated rings. The van der Waals surface area contributed by atoms with Crippen molar-refractivity contribution in [1.29, 1.82) is 0 Å². The van der Waals surface area contributed by atoms with E-state index in [4.69, 9.17) is 0 Å². The second-order valence-electron chi connectivity index (χ2n) is 8.96. The summed E-state index contributed by atoms with van der Waals surface area (Å²) in [4.78, 5) is 0. The maximum Gasteiger partial charge on any atom is 0.0424 e. The van der Waals surface area contributed by atoms with Crippen molar-refractivity contribution in [3.63, 3.8) is 0 Å². The first-order chi connectivity index (χ1) is 13.8. The van der Waals surface area contributed by atoms with Gasteiger partial charge in [-0.25, -0.2) is 0 Å². The van der Waals surface area contributed by atoms with Gasteiger partial charge in [0.25, 0.3) is 0 Å². The highest BCUT2D eigenvalue weighted by molar-refractivity contribution is 5.76. The van der Waals surface area contributed by atoms with Gasteiger partial charge in [-0.2, -0.15) is 0 Å². The Kier molecular flexibility index (Phi) is 4.54. The van der Waals surface area contributed by atoms with Crippen LogP contribution in [0.1, 0.15) is 75.5 Å². The van der Waals surface area contributed by atoms with Gasteiger partial charge >= 0.3 is 0 Å². The van der Waals surface area contributed by atoms with Crippen LogP contribution in [0.3, 0.4) is 0 Å². The lowest BCUT2D eigenvalue weighted by atomic mass is 9.62. The summed E-state index contributed by atoms with van der Waals surface area (Å²) in [5.41, 5.74) is 11.3. The van der Waals surface area contributed by atoms with Crippen LogP contribution in [-0.2, 0) is 11.8 Å². The minimum atomic E-state index is 0.0618. The molecule has 0 saturated carbocycles. The van der Waals surface area contributed by atoms with Crippen LogP contribution in [0.25, 0.3) is 5.57 Å². The minimum absolute atomic E-state index is 0.0618. The molecule has 0 heterocycles. The van der Waals surface area contributed by atoms with Gasteiger partial charge in [0.2, 0.25) is 0 Å². The molecule has 0 aromatic heterocycles. The van der Waals surface area contributed by atoms with Crippen LogP contribution in [0.15, 0.2) is 71.4 Å². The molecule has 4 aliphatic rings. The van der Waals surface area contributed by atoms with E-state index in [0.29, 0.717) is 5.92 Å². The van der Waals surface area contributed by atoms with Gasteiger partial charge < -0.3 is 0 Å². The summed E-state index contributed by atoms with van der Waals surface area (Å²) < 4.78 is 0. The van der Waals surface area contributed by atoms with Crippen LogP contribution in [0.4, 0.5) is 0 Å². The third kappa shape index (κ3) is 2.50. The summed E-state index contributed by atoms with van der Waals surface area (Å²) >= 11 is 0. The molecule has 0 N–H and O–H groups in total. The second-order valence-corrected chi connectivity index (χ2v) is 8.96. The predicted molar refractivity (Wildman–Crippen MR) is 120 cm³/mol. The molecule has 1 spiro atoms. The van der Waals surface area contributed by atoms with Crippen molar-refractivity contribution >= 4 is 5.57 Å². The molecule has 1 aromatic carbocycles. The molecule has 0 bridgehead atoms. The fourth-order valence-electron chi connectivity index (χ4n) is 6.49. The topological polar surface area (TPSA) is 0 Å². The van der Waals surface area contributed by atoms with Crippen LogP contribution in [0, 0.1) is 5.92 Å². The van der Waals surface area contributed by atoms with Crippen molar-refractivity contribution in [2.24, 2.45) is 5.92 Å². The molecule has 0 saturated heterocycles. The van der Waals surface area contributed by atoms with Crippen LogP contribution in [0.5, 0.6) is 0 Å². The fraction of sp³-hybridized carbons (Fsp3) is 0.429. The van der Waals surface area contributed by atoms with Crippen molar-refractivity contribution < 1.29 is 0 Å². The van der Waals surface area contributed by atoms with Gasteiger partial charge in [0.15, 0.2) is 0 Å². The van der Waals surface area contributed by atoms with Gasteiger partial charge in [-0.15, -0.1) is 0 Å². The minimum Gasteiger partial charge on any atom is -0.0807 e. The molecule has 5 rings (SSSR count). The summed E-state index contributed by atoms with van der Waals surface area (Å²) in [6, 6.07) is 7.12. The van der Waals surface area contributed by atoms with Crippen LogP contribution in [0.2, 0.25) is 0 Å². The molecule has 2 atom stereocenters. The summed E-state index contributed by atoms with van der Waals surface area (Å²) in [5.74, 6) is 0.630. The predicted octanol–water partition coefficient (Wildman–Crippen LogP) is 7.63.